The molecule has 28 heavy (non-hydrogen) atoms. The number of aliphatic hydroxyl groups is 1. The molecule has 152 valence electrons. The Hall–Kier alpha value is -2.22. The number of aromatic nitrogens is 2. The van der Waals surface area contributed by atoms with Gasteiger partial charge in [0.05, 0.1) is 12.2 Å². The molecule has 0 bridgehead atoms. The summed E-state index contributed by atoms with van der Waals surface area (Å²) < 4.78 is 7.31. The molecule has 2 heterocycles. The molecule has 1 saturated heterocycles. The van der Waals surface area contributed by atoms with Crippen LogP contribution < -0.4 is 16.6 Å². The second kappa shape index (κ2) is 9.32. The van der Waals surface area contributed by atoms with Crippen LogP contribution >= 0.6 is 0 Å². The van der Waals surface area contributed by atoms with Gasteiger partial charge in [-0.05, 0) is 24.3 Å². The van der Waals surface area contributed by atoms with Crippen molar-refractivity contribution in [1.82, 2.24) is 14.9 Å². The monoisotopic (exact) mass is 387 g/mol. The first-order valence-electron chi connectivity index (χ1n) is 9.97. The van der Waals surface area contributed by atoms with Crippen molar-refractivity contribution < 1.29 is 9.84 Å². The molecule has 1 unspecified atom stereocenters. The van der Waals surface area contributed by atoms with E-state index in [4.69, 9.17) is 4.74 Å². The highest BCUT2D eigenvalue weighted by Crippen LogP contribution is 2.27. The number of benzene rings is 1. The molecular formula is C21H29N3O4. The molecule has 0 spiro atoms. The van der Waals surface area contributed by atoms with Crippen LogP contribution in [0, 0.1) is 0 Å². The maximum Gasteiger partial charge on any atom is 0.330 e. The zero-order valence-corrected chi connectivity index (χ0v) is 16.4. The largest absolute Gasteiger partial charge is 0.390 e. The Morgan fingerprint density at radius 2 is 2.04 bits per heavy atom. The molecule has 7 heteroatoms. The predicted octanol–water partition coefficient (Wildman–Crippen LogP) is 1.53. The minimum absolute atomic E-state index is 0.317. The third kappa shape index (κ3) is 4.60. The quantitative estimate of drug-likeness (QED) is 0.638. The van der Waals surface area contributed by atoms with Crippen LogP contribution in [0.2, 0.25) is 0 Å². The lowest BCUT2D eigenvalue weighted by molar-refractivity contribution is -0.0193. The van der Waals surface area contributed by atoms with E-state index >= 15 is 0 Å². The maximum absolute atomic E-state index is 12.1. The predicted molar refractivity (Wildman–Crippen MR) is 108 cm³/mol. The van der Waals surface area contributed by atoms with Crippen molar-refractivity contribution in [3.63, 3.8) is 0 Å². The fraction of sp³-hybridized carbons (Fsp3) is 0.524. The van der Waals surface area contributed by atoms with Crippen LogP contribution in [-0.2, 0) is 11.2 Å². The van der Waals surface area contributed by atoms with E-state index < -0.39 is 24.1 Å². The Morgan fingerprint density at radius 3 is 2.71 bits per heavy atom. The second-order valence-electron chi connectivity index (χ2n) is 7.28. The third-order valence-electron chi connectivity index (χ3n) is 5.44. The van der Waals surface area contributed by atoms with Gasteiger partial charge in [0.25, 0.3) is 5.56 Å². The van der Waals surface area contributed by atoms with E-state index in [0.717, 1.165) is 13.0 Å². The van der Waals surface area contributed by atoms with Crippen LogP contribution in [0.4, 0.5) is 0 Å². The number of nitrogens with zero attached hydrogens (tertiary/aromatic N) is 1. The van der Waals surface area contributed by atoms with Gasteiger partial charge in [-0.15, -0.1) is 0 Å². The average Bonchev–Trinajstić information content (AvgIpc) is 3.06. The molecule has 0 saturated carbocycles. The van der Waals surface area contributed by atoms with Crippen molar-refractivity contribution in [3.8, 4) is 0 Å². The van der Waals surface area contributed by atoms with Crippen molar-refractivity contribution in [2.24, 2.45) is 0 Å². The van der Waals surface area contributed by atoms with Gasteiger partial charge >= 0.3 is 5.69 Å². The summed E-state index contributed by atoms with van der Waals surface area (Å²) in [6, 6.07) is 10.3. The molecule has 0 amide bonds. The minimum atomic E-state index is -0.668. The summed E-state index contributed by atoms with van der Waals surface area (Å²) in [4.78, 5) is 26.2. The zero-order valence-electron chi connectivity index (χ0n) is 16.4. The van der Waals surface area contributed by atoms with Gasteiger partial charge < -0.3 is 15.2 Å². The van der Waals surface area contributed by atoms with Crippen LogP contribution in [0.3, 0.4) is 0 Å². The molecule has 2 aromatic rings. The summed E-state index contributed by atoms with van der Waals surface area (Å²) in [6.07, 6.45) is 1.75. The molecule has 7 nitrogen and oxygen atoms in total. The van der Waals surface area contributed by atoms with Crippen LogP contribution in [0.1, 0.15) is 50.0 Å². The molecule has 1 aromatic heterocycles. The number of hydrogen-bond acceptors (Lipinski definition) is 5. The molecule has 3 N–H and O–H groups in total. The Bertz CT molecular complexity index is 877. The summed E-state index contributed by atoms with van der Waals surface area (Å²) in [6.45, 7) is 5.30. The van der Waals surface area contributed by atoms with Gasteiger partial charge in [-0.25, -0.2) is 4.79 Å². The van der Waals surface area contributed by atoms with Gasteiger partial charge in [0.1, 0.15) is 6.23 Å². The first-order valence-corrected chi connectivity index (χ1v) is 9.97. The number of ether oxygens (including phenoxy) is 1. The summed E-state index contributed by atoms with van der Waals surface area (Å²) >= 11 is 0. The van der Waals surface area contributed by atoms with Crippen LogP contribution in [0.5, 0.6) is 0 Å². The van der Waals surface area contributed by atoms with E-state index in [0.29, 0.717) is 30.9 Å². The number of rotatable bonds is 8. The van der Waals surface area contributed by atoms with E-state index in [1.165, 1.54) is 16.3 Å². The molecule has 4 atom stereocenters. The van der Waals surface area contributed by atoms with Crippen molar-refractivity contribution in [2.45, 2.75) is 57.5 Å². The van der Waals surface area contributed by atoms with Crippen LogP contribution in [0.15, 0.2) is 46.1 Å². The molecular weight excluding hydrogens is 358 g/mol. The van der Waals surface area contributed by atoms with E-state index in [-0.39, 0.29) is 5.56 Å². The highest BCUT2D eigenvalue weighted by molar-refractivity contribution is 5.19. The smallest absolute Gasteiger partial charge is 0.330 e. The normalized spacial score (nSPS) is 23.0. The van der Waals surface area contributed by atoms with Gasteiger partial charge in [0.2, 0.25) is 0 Å². The zero-order chi connectivity index (χ0) is 20.1. The summed E-state index contributed by atoms with van der Waals surface area (Å²) in [7, 11) is 0. The molecule has 1 aromatic carbocycles. The number of nitrogens with one attached hydrogen (secondary N) is 2. The Kier molecular flexibility index (Phi) is 6.83. The lowest BCUT2D eigenvalue weighted by Crippen LogP contribution is -2.36. The van der Waals surface area contributed by atoms with Gasteiger partial charge in [0, 0.05) is 31.3 Å². The fourth-order valence-corrected chi connectivity index (χ4v) is 3.69. The second-order valence-corrected chi connectivity index (χ2v) is 7.28. The number of aryl methyl sites for hydroxylation is 1. The lowest BCUT2D eigenvalue weighted by Gasteiger charge is -2.20. The molecule has 1 fully saturated rings. The first kappa shape index (κ1) is 20.5. The topological polar surface area (TPSA) is 96.3 Å². The van der Waals surface area contributed by atoms with E-state index in [9.17, 15) is 14.7 Å². The van der Waals surface area contributed by atoms with Gasteiger partial charge in [-0.1, -0.05) is 44.2 Å². The Labute approximate surface area is 164 Å². The summed E-state index contributed by atoms with van der Waals surface area (Å²) in [5, 5.41) is 13.8. The van der Waals surface area contributed by atoms with E-state index in [1.807, 2.05) is 25.1 Å². The van der Waals surface area contributed by atoms with Crippen molar-refractivity contribution in [1.29, 1.82) is 0 Å². The van der Waals surface area contributed by atoms with Crippen molar-refractivity contribution in [2.75, 3.05) is 13.1 Å². The highest BCUT2D eigenvalue weighted by Gasteiger charge is 2.35. The SMILES string of the molecule is CCc1cn([C@H]2C[C@H](O)[C@@H](CNCC(CC)c3ccccc3)O2)c(=O)[nH]c1=O. The summed E-state index contributed by atoms with van der Waals surface area (Å²) in [5.74, 6) is 0.393. The van der Waals surface area contributed by atoms with Gasteiger partial charge in [0.15, 0.2) is 0 Å². The Balaban J connectivity index is 1.60. The van der Waals surface area contributed by atoms with Gasteiger partial charge in [-0.2, -0.15) is 0 Å². The standard InChI is InChI=1S/C21H29N3O4/c1-3-14(16-8-6-5-7-9-16)11-22-12-18-17(25)10-19(28-18)24-13-15(4-2)20(26)23-21(24)27/h5-9,13-14,17-19,22,25H,3-4,10-12H2,1-2H3,(H,23,26,27)/t14?,17-,18+,19+/m0/s1. The first-order chi connectivity index (χ1) is 13.5. The Morgan fingerprint density at radius 1 is 1.29 bits per heavy atom. The van der Waals surface area contributed by atoms with Gasteiger partial charge in [-0.3, -0.25) is 14.3 Å². The molecule has 1 aliphatic rings. The number of aliphatic hydroxyl groups excluding tert-OH is 1. The van der Waals surface area contributed by atoms with Crippen LogP contribution in [-0.4, -0.2) is 40.0 Å². The maximum atomic E-state index is 12.1. The van der Waals surface area contributed by atoms with Crippen LogP contribution in [0.25, 0.3) is 0 Å². The van der Waals surface area contributed by atoms with E-state index in [2.05, 4.69) is 29.4 Å². The number of H-pyrrole nitrogens is 1. The van der Waals surface area contributed by atoms with Crippen molar-refractivity contribution >= 4 is 0 Å². The number of hydrogen-bond donors (Lipinski definition) is 3. The van der Waals surface area contributed by atoms with E-state index in [1.54, 1.807) is 0 Å². The average molecular weight is 387 g/mol. The fourth-order valence-electron chi connectivity index (χ4n) is 3.69. The highest BCUT2D eigenvalue weighted by atomic mass is 16.5. The molecule has 3 rings (SSSR count). The van der Waals surface area contributed by atoms with Crippen molar-refractivity contribution in [3.05, 3.63) is 68.5 Å². The summed E-state index contributed by atoms with van der Waals surface area (Å²) in [5.41, 5.74) is 0.929. The number of aromatic amines is 1. The minimum Gasteiger partial charge on any atom is -0.390 e. The molecule has 0 radical (unpaired) electrons. The molecule has 0 aliphatic carbocycles. The third-order valence-corrected chi connectivity index (χ3v) is 5.44. The molecule has 1 aliphatic heterocycles. The lowest BCUT2D eigenvalue weighted by atomic mass is 9.96.